The molecule has 112 valence electrons. The monoisotopic (exact) mass is 278 g/mol. The van der Waals surface area contributed by atoms with Gasteiger partial charge in [0.1, 0.15) is 0 Å². The Labute approximate surface area is 121 Å². The zero-order valence-electron chi connectivity index (χ0n) is 12.7. The van der Waals surface area contributed by atoms with Crippen LogP contribution in [0.1, 0.15) is 44.7 Å². The fraction of sp³-hybridized carbons (Fsp3) is 0.733. The van der Waals surface area contributed by atoms with Crippen LogP contribution in [0.15, 0.2) is 12.3 Å². The van der Waals surface area contributed by atoms with Crippen molar-refractivity contribution < 1.29 is 4.79 Å². The second-order valence-electron chi connectivity index (χ2n) is 5.89. The van der Waals surface area contributed by atoms with Crippen LogP contribution in [0.4, 0.5) is 0 Å². The van der Waals surface area contributed by atoms with Gasteiger partial charge in [0.25, 0.3) is 0 Å². The van der Waals surface area contributed by atoms with Crippen LogP contribution in [-0.2, 0) is 11.8 Å². The van der Waals surface area contributed by atoms with Crippen LogP contribution in [0.3, 0.4) is 0 Å². The first-order valence-corrected chi connectivity index (χ1v) is 7.56. The summed E-state index contributed by atoms with van der Waals surface area (Å²) in [6.45, 7) is 5.73. The Morgan fingerprint density at radius 3 is 2.65 bits per heavy atom. The number of hydrogen-bond donors (Lipinski definition) is 1. The first kappa shape index (κ1) is 15.0. The molecule has 5 nitrogen and oxygen atoms in total. The maximum Gasteiger partial charge on any atom is 0.239 e. The molecule has 0 saturated carbocycles. The maximum absolute atomic E-state index is 12.3. The molecule has 2 rings (SSSR count). The fourth-order valence-corrected chi connectivity index (χ4v) is 2.89. The Kier molecular flexibility index (Phi) is 4.81. The molecule has 0 bridgehead atoms. The zero-order valence-corrected chi connectivity index (χ0v) is 12.7. The second-order valence-corrected chi connectivity index (χ2v) is 5.89. The van der Waals surface area contributed by atoms with E-state index in [0.29, 0.717) is 5.92 Å². The molecule has 1 aliphatic heterocycles. The van der Waals surface area contributed by atoms with Crippen molar-refractivity contribution in [2.75, 3.05) is 13.1 Å². The lowest BCUT2D eigenvalue weighted by molar-refractivity contribution is -0.134. The van der Waals surface area contributed by atoms with Crippen molar-refractivity contribution in [1.82, 2.24) is 14.7 Å². The Bertz CT molecular complexity index is 448. The summed E-state index contributed by atoms with van der Waals surface area (Å²) in [7, 11) is 1.98. The summed E-state index contributed by atoms with van der Waals surface area (Å²) < 4.78 is 1.94. The minimum atomic E-state index is -0.353. The van der Waals surface area contributed by atoms with E-state index in [1.54, 1.807) is 0 Å². The van der Waals surface area contributed by atoms with Crippen molar-refractivity contribution in [2.45, 2.75) is 45.1 Å². The standard InChI is InChI=1S/C15H26N4O/c1-4-11(2)14(16)15(20)19-9-6-12(7-10-19)13-5-8-17-18(13)3/h5,8,11-12,14H,4,6-7,9-10,16H2,1-3H3/t11-,14+/m0/s1. The third-order valence-electron chi connectivity index (χ3n) is 4.63. The predicted molar refractivity (Wildman–Crippen MR) is 79.2 cm³/mol. The van der Waals surface area contributed by atoms with Gasteiger partial charge in [0.05, 0.1) is 6.04 Å². The van der Waals surface area contributed by atoms with Crippen LogP contribution in [0.2, 0.25) is 0 Å². The molecule has 0 aromatic carbocycles. The van der Waals surface area contributed by atoms with Crippen molar-refractivity contribution in [2.24, 2.45) is 18.7 Å². The lowest BCUT2D eigenvalue weighted by Gasteiger charge is -2.34. The molecule has 1 aromatic rings. The number of carbonyl (C=O) groups excluding carboxylic acids is 1. The van der Waals surface area contributed by atoms with Crippen molar-refractivity contribution >= 4 is 5.91 Å². The van der Waals surface area contributed by atoms with Gasteiger partial charge in [-0.2, -0.15) is 5.10 Å². The highest BCUT2D eigenvalue weighted by Crippen LogP contribution is 2.27. The smallest absolute Gasteiger partial charge is 0.239 e. The highest BCUT2D eigenvalue weighted by molar-refractivity contribution is 5.82. The quantitative estimate of drug-likeness (QED) is 0.907. The predicted octanol–water partition coefficient (Wildman–Crippen LogP) is 1.50. The number of carbonyl (C=O) groups is 1. The van der Waals surface area contributed by atoms with E-state index >= 15 is 0 Å². The van der Waals surface area contributed by atoms with Gasteiger partial charge in [-0.05, 0) is 24.8 Å². The molecule has 0 aliphatic carbocycles. The number of likely N-dealkylation sites (tertiary alicyclic amines) is 1. The molecule has 2 heterocycles. The summed E-state index contributed by atoms with van der Waals surface area (Å²) in [5, 5.41) is 4.22. The number of aryl methyl sites for hydroxylation is 1. The molecule has 2 atom stereocenters. The SMILES string of the molecule is CC[C@H](C)[C@@H](N)C(=O)N1CCC(c2ccnn2C)CC1. The van der Waals surface area contributed by atoms with Crippen LogP contribution in [-0.4, -0.2) is 39.7 Å². The Balaban J connectivity index is 1.91. The summed E-state index contributed by atoms with van der Waals surface area (Å²) in [5.74, 6) is 0.867. The van der Waals surface area contributed by atoms with Crippen molar-refractivity contribution in [3.63, 3.8) is 0 Å². The van der Waals surface area contributed by atoms with Gasteiger partial charge in [-0.15, -0.1) is 0 Å². The zero-order chi connectivity index (χ0) is 14.7. The van der Waals surface area contributed by atoms with Crippen LogP contribution >= 0.6 is 0 Å². The number of nitrogens with zero attached hydrogens (tertiary/aromatic N) is 3. The van der Waals surface area contributed by atoms with Gasteiger partial charge in [0.15, 0.2) is 0 Å². The van der Waals surface area contributed by atoms with E-state index in [0.717, 1.165) is 32.4 Å². The molecule has 20 heavy (non-hydrogen) atoms. The van der Waals surface area contributed by atoms with E-state index in [1.165, 1.54) is 5.69 Å². The average molecular weight is 278 g/mol. The molecule has 2 N–H and O–H groups in total. The molecule has 0 radical (unpaired) electrons. The molecule has 1 aliphatic rings. The minimum Gasteiger partial charge on any atom is -0.341 e. The van der Waals surface area contributed by atoms with Crippen LogP contribution in [0.5, 0.6) is 0 Å². The van der Waals surface area contributed by atoms with E-state index < -0.39 is 0 Å². The minimum absolute atomic E-state index is 0.114. The van der Waals surface area contributed by atoms with Crippen LogP contribution in [0.25, 0.3) is 0 Å². The molecule has 0 spiro atoms. The van der Waals surface area contributed by atoms with E-state index in [1.807, 2.05) is 29.7 Å². The normalized spacial score (nSPS) is 19.9. The summed E-state index contributed by atoms with van der Waals surface area (Å²) in [6, 6.07) is 1.72. The number of nitrogens with two attached hydrogens (primary N) is 1. The third kappa shape index (κ3) is 3.03. The Morgan fingerprint density at radius 1 is 1.50 bits per heavy atom. The van der Waals surface area contributed by atoms with Gasteiger partial charge in [-0.3, -0.25) is 9.48 Å². The maximum atomic E-state index is 12.3. The van der Waals surface area contributed by atoms with E-state index in [9.17, 15) is 4.79 Å². The first-order valence-electron chi connectivity index (χ1n) is 7.56. The number of piperidine rings is 1. The van der Waals surface area contributed by atoms with Gasteiger partial charge in [-0.1, -0.05) is 20.3 Å². The van der Waals surface area contributed by atoms with Crippen LogP contribution in [0, 0.1) is 5.92 Å². The lowest BCUT2D eigenvalue weighted by Crippen LogP contribution is -2.49. The molecule has 1 amide bonds. The number of rotatable bonds is 4. The van der Waals surface area contributed by atoms with E-state index in [-0.39, 0.29) is 17.9 Å². The van der Waals surface area contributed by atoms with Gasteiger partial charge < -0.3 is 10.6 Å². The summed E-state index contributed by atoms with van der Waals surface area (Å²) in [4.78, 5) is 14.3. The van der Waals surface area contributed by atoms with Gasteiger partial charge in [-0.25, -0.2) is 0 Å². The van der Waals surface area contributed by atoms with Gasteiger partial charge in [0.2, 0.25) is 5.91 Å². The third-order valence-corrected chi connectivity index (χ3v) is 4.63. The Morgan fingerprint density at radius 2 is 2.15 bits per heavy atom. The van der Waals surface area contributed by atoms with Gasteiger partial charge in [0, 0.05) is 37.9 Å². The first-order chi connectivity index (χ1) is 9.54. The molecule has 1 aromatic heterocycles. The van der Waals surface area contributed by atoms with Crippen molar-refractivity contribution in [1.29, 1.82) is 0 Å². The number of amides is 1. The molecule has 5 heteroatoms. The lowest BCUT2D eigenvalue weighted by atomic mass is 9.92. The Hall–Kier alpha value is -1.36. The summed E-state index contributed by atoms with van der Waals surface area (Å²) >= 11 is 0. The van der Waals surface area contributed by atoms with Crippen LogP contribution < -0.4 is 5.73 Å². The van der Waals surface area contributed by atoms with E-state index in [4.69, 9.17) is 5.73 Å². The summed E-state index contributed by atoms with van der Waals surface area (Å²) in [6.07, 6.45) is 4.78. The number of aromatic nitrogens is 2. The second kappa shape index (κ2) is 6.39. The molecule has 1 saturated heterocycles. The largest absolute Gasteiger partial charge is 0.341 e. The molecule has 0 unspecified atom stereocenters. The van der Waals surface area contributed by atoms with Crippen molar-refractivity contribution in [3.8, 4) is 0 Å². The molecular formula is C15H26N4O. The highest BCUT2D eigenvalue weighted by atomic mass is 16.2. The van der Waals surface area contributed by atoms with E-state index in [2.05, 4.69) is 18.1 Å². The molecular weight excluding hydrogens is 252 g/mol. The summed E-state index contributed by atoms with van der Waals surface area (Å²) in [5.41, 5.74) is 7.32. The highest BCUT2D eigenvalue weighted by Gasteiger charge is 2.29. The van der Waals surface area contributed by atoms with Gasteiger partial charge >= 0.3 is 0 Å². The fourth-order valence-electron chi connectivity index (χ4n) is 2.89. The van der Waals surface area contributed by atoms with Crippen molar-refractivity contribution in [3.05, 3.63) is 18.0 Å². The number of hydrogen-bond acceptors (Lipinski definition) is 3. The average Bonchev–Trinajstić information content (AvgIpc) is 2.91. The molecule has 1 fully saturated rings. The topological polar surface area (TPSA) is 64.2 Å².